The van der Waals surface area contributed by atoms with E-state index in [4.69, 9.17) is 10.7 Å². The van der Waals surface area contributed by atoms with Gasteiger partial charge in [-0.15, -0.1) is 10.2 Å². The van der Waals surface area contributed by atoms with Crippen LogP contribution in [0.15, 0.2) is 29.9 Å². The first kappa shape index (κ1) is 12.7. The third kappa shape index (κ3) is 2.00. The van der Waals surface area contributed by atoms with Gasteiger partial charge in [-0.1, -0.05) is 0 Å². The number of nitrogens with zero attached hydrogens (tertiary/aromatic N) is 6. The standard InChI is InChI=1S/C11H9ClN6O2S/c12-21(19,20)11-16-15-10(18(11)7-1-2-7)8-5-14-17-4-3-13-6-9(8)17/h3-7H,1-2H2. The van der Waals surface area contributed by atoms with Crippen LogP contribution in [0.2, 0.25) is 0 Å². The van der Waals surface area contributed by atoms with Crippen molar-refractivity contribution in [1.29, 1.82) is 0 Å². The normalized spacial score (nSPS) is 15.7. The summed E-state index contributed by atoms with van der Waals surface area (Å²) in [5.74, 6) is 0.444. The van der Waals surface area contributed by atoms with Crippen LogP contribution in [0.25, 0.3) is 16.9 Å². The molecule has 3 aromatic heterocycles. The van der Waals surface area contributed by atoms with Crippen molar-refractivity contribution in [2.75, 3.05) is 0 Å². The highest BCUT2D eigenvalue weighted by atomic mass is 35.7. The largest absolute Gasteiger partial charge is 0.296 e. The van der Waals surface area contributed by atoms with Crippen LogP contribution in [0, 0.1) is 0 Å². The number of hydrogen-bond acceptors (Lipinski definition) is 6. The third-order valence-corrected chi connectivity index (χ3v) is 4.49. The molecule has 0 N–H and O–H groups in total. The highest BCUT2D eigenvalue weighted by Gasteiger charge is 2.34. The van der Waals surface area contributed by atoms with Gasteiger partial charge in [-0.25, -0.2) is 12.9 Å². The first-order chi connectivity index (χ1) is 10.1. The van der Waals surface area contributed by atoms with Crippen molar-refractivity contribution in [3.63, 3.8) is 0 Å². The molecule has 0 atom stereocenters. The minimum Gasteiger partial charge on any atom is -0.294 e. The van der Waals surface area contributed by atoms with Gasteiger partial charge in [-0.05, 0) is 12.8 Å². The highest BCUT2D eigenvalue weighted by Crippen LogP contribution is 2.40. The molecule has 10 heteroatoms. The van der Waals surface area contributed by atoms with E-state index >= 15 is 0 Å². The molecule has 21 heavy (non-hydrogen) atoms. The Morgan fingerprint density at radius 1 is 1.24 bits per heavy atom. The molecule has 0 bridgehead atoms. The van der Waals surface area contributed by atoms with Crippen LogP contribution in [0.5, 0.6) is 0 Å². The van der Waals surface area contributed by atoms with Gasteiger partial charge in [0.1, 0.15) is 0 Å². The van der Waals surface area contributed by atoms with E-state index in [0.29, 0.717) is 11.4 Å². The minimum atomic E-state index is -3.94. The summed E-state index contributed by atoms with van der Waals surface area (Å²) in [6, 6.07) is 0.0603. The summed E-state index contributed by atoms with van der Waals surface area (Å²) in [4.78, 5) is 4.05. The molecule has 1 aliphatic rings. The smallest absolute Gasteiger partial charge is 0.294 e. The molecule has 0 aliphatic heterocycles. The molecule has 1 fully saturated rings. The predicted molar refractivity (Wildman–Crippen MR) is 73.3 cm³/mol. The van der Waals surface area contributed by atoms with Gasteiger partial charge in [0, 0.05) is 29.1 Å². The SMILES string of the molecule is O=S(=O)(Cl)c1nnc(-c2cnn3ccncc23)n1C1CC1. The van der Waals surface area contributed by atoms with E-state index in [1.165, 1.54) is 0 Å². The van der Waals surface area contributed by atoms with Crippen molar-refractivity contribution in [3.05, 3.63) is 24.8 Å². The zero-order valence-corrected chi connectivity index (χ0v) is 12.2. The van der Waals surface area contributed by atoms with Crippen molar-refractivity contribution in [2.24, 2.45) is 0 Å². The lowest BCUT2D eigenvalue weighted by molar-refractivity contribution is 0.579. The summed E-state index contributed by atoms with van der Waals surface area (Å²) < 4.78 is 26.5. The summed E-state index contributed by atoms with van der Waals surface area (Å²) in [5.41, 5.74) is 1.40. The number of fused-ring (bicyclic) bond motifs is 1. The fourth-order valence-corrected chi connectivity index (χ4v) is 3.22. The highest BCUT2D eigenvalue weighted by molar-refractivity contribution is 8.13. The lowest BCUT2D eigenvalue weighted by atomic mass is 10.3. The van der Waals surface area contributed by atoms with Gasteiger partial charge in [0.05, 0.1) is 23.5 Å². The summed E-state index contributed by atoms with van der Waals surface area (Å²) in [6.45, 7) is 0. The molecule has 0 amide bonds. The molecular weight excluding hydrogens is 316 g/mol. The second kappa shape index (κ2) is 4.25. The molecule has 3 aromatic rings. The number of aromatic nitrogens is 6. The fourth-order valence-electron chi connectivity index (χ4n) is 2.30. The van der Waals surface area contributed by atoms with Crippen LogP contribution in [0.4, 0.5) is 0 Å². The van der Waals surface area contributed by atoms with E-state index in [-0.39, 0.29) is 11.2 Å². The molecule has 0 aromatic carbocycles. The van der Waals surface area contributed by atoms with Crippen molar-refractivity contribution in [2.45, 2.75) is 24.0 Å². The molecule has 0 saturated heterocycles. The molecule has 3 heterocycles. The Hall–Kier alpha value is -2.00. The number of halogens is 1. The summed E-state index contributed by atoms with van der Waals surface area (Å²) in [7, 11) is 1.50. The maximum absolute atomic E-state index is 11.6. The molecule has 8 nitrogen and oxygen atoms in total. The van der Waals surface area contributed by atoms with E-state index in [0.717, 1.165) is 18.4 Å². The first-order valence-corrected chi connectivity index (χ1v) is 8.54. The molecule has 108 valence electrons. The van der Waals surface area contributed by atoms with Gasteiger partial charge in [-0.2, -0.15) is 5.10 Å². The lowest BCUT2D eigenvalue weighted by Crippen LogP contribution is -2.06. The quantitative estimate of drug-likeness (QED) is 0.673. The van der Waals surface area contributed by atoms with E-state index < -0.39 is 9.05 Å². The Kier molecular flexibility index (Phi) is 2.57. The summed E-state index contributed by atoms with van der Waals surface area (Å²) >= 11 is 0. The van der Waals surface area contributed by atoms with Crippen molar-refractivity contribution < 1.29 is 8.42 Å². The van der Waals surface area contributed by atoms with Crippen molar-refractivity contribution >= 4 is 25.2 Å². The van der Waals surface area contributed by atoms with Gasteiger partial charge >= 0.3 is 0 Å². The van der Waals surface area contributed by atoms with Gasteiger partial charge in [-0.3, -0.25) is 9.55 Å². The topological polar surface area (TPSA) is 95.0 Å². The van der Waals surface area contributed by atoms with E-state index in [1.54, 1.807) is 33.9 Å². The Balaban J connectivity index is 1.99. The molecule has 4 rings (SSSR count). The van der Waals surface area contributed by atoms with Gasteiger partial charge in [0.15, 0.2) is 5.82 Å². The number of rotatable bonds is 3. The lowest BCUT2D eigenvalue weighted by Gasteiger charge is -2.05. The Bertz CT molecular complexity index is 943. The van der Waals surface area contributed by atoms with Crippen LogP contribution in [-0.4, -0.2) is 37.8 Å². The van der Waals surface area contributed by atoms with Crippen LogP contribution in [0.3, 0.4) is 0 Å². The van der Waals surface area contributed by atoms with E-state index in [2.05, 4.69) is 20.3 Å². The van der Waals surface area contributed by atoms with Gasteiger partial charge in [0.25, 0.3) is 14.2 Å². The second-order valence-electron chi connectivity index (χ2n) is 4.81. The maximum Gasteiger partial charge on any atom is 0.296 e. The zero-order chi connectivity index (χ0) is 14.6. The van der Waals surface area contributed by atoms with Gasteiger partial charge < -0.3 is 0 Å². The average molecular weight is 325 g/mol. The van der Waals surface area contributed by atoms with Gasteiger partial charge in [0.2, 0.25) is 0 Å². The van der Waals surface area contributed by atoms with E-state index in [9.17, 15) is 8.42 Å². The van der Waals surface area contributed by atoms with E-state index in [1.807, 2.05) is 0 Å². The first-order valence-electron chi connectivity index (χ1n) is 6.23. The fraction of sp³-hybridized carbons (Fsp3) is 0.273. The maximum atomic E-state index is 11.6. The third-order valence-electron chi connectivity index (χ3n) is 3.36. The van der Waals surface area contributed by atoms with Crippen LogP contribution >= 0.6 is 10.7 Å². The average Bonchev–Trinajstić information content (AvgIpc) is 3.03. The Labute approximate surface area is 123 Å². The second-order valence-corrected chi connectivity index (χ2v) is 7.27. The Morgan fingerprint density at radius 3 is 2.76 bits per heavy atom. The molecular formula is C11H9ClN6O2S. The van der Waals surface area contributed by atoms with Crippen LogP contribution < -0.4 is 0 Å². The monoisotopic (exact) mass is 324 g/mol. The zero-order valence-electron chi connectivity index (χ0n) is 10.6. The molecule has 0 unspecified atom stereocenters. The summed E-state index contributed by atoms with van der Waals surface area (Å²) in [5, 5.41) is 11.7. The minimum absolute atomic E-state index is 0.0603. The van der Waals surface area contributed by atoms with Crippen LogP contribution in [-0.2, 0) is 9.05 Å². The summed E-state index contributed by atoms with van der Waals surface area (Å²) in [6.07, 6.45) is 8.33. The molecule has 1 saturated carbocycles. The molecule has 0 radical (unpaired) electrons. The van der Waals surface area contributed by atoms with Crippen molar-refractivity contribution in [3.8, 4) is 11.4 Å². The number of hydrogen-bond donors (Lipinski definition) is 0. The predicted octanol–water partition coefficient (Wildman–Crippen LogP) is 1.25. The van der Waals surface area contributed by atoms with Crippen molar-refractivity contribution in [1.82, 2.24) is 29.4 Å². The molecule has 0 spiro atoms. The Morgan fingerprint density at radius 2 is 2.05 bits per heavy atom. The van der Waals surface area contributed by atoms with Crippen LogP contribution in [0.1, 0.15) is 18.9 Å². The molecule has 1 aliphatic carbocycles.